The summed E-state index contributed by atoms with van der Waals surface area (Å²) in [5, 5.41) is 3.03. The maximum Gasteiger partial charge on any atom is 0.253 e. The minimum atomic E-state index is -0.188. The molecule has 0 radical (unpaired) electrons. The quantitative estimate of drug-likeness (QED) is 0.336. The zero-order valence-corrected chi connectivity index (χ0v) is 25.5. The van der Waals surface area contributed by atoms with Crippen LogP contribution in [-0.2, 0) is 16.0 Å². The van der Waals surface area contributed by atoms with Crippen LogP contribution in [0.4, 0.5) is 5.69 Å². The van der Waals surface area contributed by atoms with Crippen molar-refractivity contribution in [3.05, 3.63) is 92.7 Å². The molecule has 1 amide bonds. The Morgan fingerprint density at radius 2 is 1.67 bits per heavy atom. The number of carbonyl (C=O) groups is 1. The van der Waals surface area contributed by atoms with Crippen molar-refractivity contribution in [1.82, 2.24) is 19.6 Å². The van der Waals surface area contributed by atoms with Gasteiger partial charge in [0.05, 0.1) is 26.4 Å². The summed E-state index contributed by atoms with van der Waals surface area (Å²) in [6, 6.07) is 14.8. The second-order valence-corrected chi connectivity index (χ2v) is 11.7. The van der Waals surface area contributed by atoms with Crippen LogP contribution >= 0.6 is 0 Å². The van der Waals surface area contributed by atoms with E-state index in [-0.39, 0.29) is 24.1 Å². The molecule has 1 aromatic carbocycles. The molecule has 2 saturated heterocycles. The number of ether oxygens (including phenoxy) is 2. The van der Waals surface area contributed by atoms with Gasteiger partial charge in [0.15, 0.2) is 0 Å². The molecule has 1 unspecified atom stereocenters. The van der Waals surface area contributed by atoms with Crippen LogP contribution in [0.2, 0.25) is 0 Å². The Bertz CT molecular complexity index is 1700. The highest BCUT2D eigenvalue weighted by molar-refractivity contribution is 5.97. The molecule has 0 aliphatic carbocycles. The minimum absolute atomic E-state index is 0.0706. The van der Waals surface area contributed by atoms with Crippen LogP contribution in [0.15, 0.2) is 53.5 Å². The van der Waals surface area contributed by atoms with E-state index >= 15 is 0 Å². The number of morpholine rings is 2. The van der Waals surface area contributed by atoms with Crippen molar-refractivity contribution < 1.29 is 14.3 Å². The lowest BCUT2D eigenvalue weighted by Gasteiger charge is -2.34. The Labute approximate surface area is 252 Å². The molecule has 2 aliphatic heterocycles. The monoisotopic (exact) mass is 583 g/mol. The van der Waals surface area contributed by atoms with E-state index in [2.05, 4.69) is 68.0 Å². The number of nitrogens with zero attached hydrogens (tertiary/aromatic N) is 3. The fourth-order valence-corrected chi connectivity index (χ4v) is 6.49. The smallest absolute Gasteiger partial charge is 0.253 e. The average molecular weight is 584 g/mol. The number of aryl methyl sites for hydroxylation is 2. The Morgan fingerprint density at radius 3 is 2.40 bits per heavy atom. The highest BCUT2D eigenvalue weighted by atomic mass is 16.5. The number of carbonyl (C=O) groups excluding carboxylic acids is 1. The number of pyridine rings is 2. The molecule has 226 valence electrons. The van der Waals surface area contributed by atoms with Gasteiger partial charge in [0.1, 0.15) is 0 Å². The molecule has 5 heterocycles. The number of benzene rings is 1. The van der Waals surface area contributed by atoms with Crippen LogP contribution < -0.4 is 15.8 Å². The lowest BCUT2D eigenvalue weighted by molar-refractivity contribution is 0.0187. The number of aromatic nitrogens is 2. The highest BCUT2D eigenvalue weighted by Gasteiger charge is 2.26. The summed E-state index contributed by atoms with van der Waals surface area (Å²) in [5.74, 6) is -0.188. The average Bonchev–Trinajstić information content (AvgIpc) is 3.44. The molecule has 9 heteroatoms. The van der Waals surface area contributed by atoms with Crippen molar-refractivity contribution in [2.45, 2.75) is 40.3 Å². The Morgan fingerprint density at radius 1 is 0.953 bits per heavy atom. The molecule has 1 atom stereocenters. The molecule has 2 aliphatic rings. The van der Waals surface area contributed by atoms with E-state index in [1.54, 1.807) is 0 Å². The molecule has 43 heavy (non-hydrogen) atoms. The van der Waals surface area contributed by atoms with Gasteiger partial charge in [0.2, 0.25) is 0 Å². The van der Waals surface area contributed by atoms with E-state index in [1.807, 2.05) is 32.9 Å². The van der Waals surface area contributed by atoms with Crippen molar-refractivity contribution in [1.29, 1.82) is 0 Å². The standard InChI is InChI=1S/C34H41N5O4/c1-22-16-23(2)36-34(41)31(22)20-35-33(40)30-19-29-18-27(26-6-5-7-28(17-26)38-10-14-43-15-11-38)21-39(29)32(24(30)3)25(4)37-8-12-42-13-9-37/h5-7,16-19,21,25H,8-15,20H2,1-4H3,(H,35,40)(H,36,41). The van der Waals surface area contributed by atoms with Gasteiger partial charge in [-0.25, -0.2) is 0 Å². The Balaban J connectivity index is 1.39. The minimum Gasteiger partial charge on any atom is -0.379 e. The molecular weight excluding hydrogens is 542 g/mol. The van der Waals surface area contributed by atoms with Gasteiger partial charge in [-0.1, -0.05) is 12.1 Å². The number of rotatable bonds is 7. The molecule has 4 aromatic rings. The van der Waals surface area contributed by atoms with Gasteiger partial charge in [-0.3, -0.25) is 14.5 Å². The van der Waals surface area contributed by atoms with Crippen molar-refractivity contribution in [3.63, 3.8) is 0 Å². The van der Waals surface area contributed by atoms with Crippen LogP contribution in [0.1, 0.15) is 51.4 Å². The maximum absolute atomic E-state index is 13.7. The first-order valence-corrected chi connectivity index (χ1v) is 15.2. The second kappa shape index (κ2) is 12.4. The number of hydrogen-bond acceptors (Lipinski definition) is 6. The molecule has 3 aromatic heterocycles. The first kappa shape index (κ1) is 29.2. The van der Waals surface area contributed by atoms with Gasteiger partial charge in [0, 0.05) is 84.2 Å². The van der Waals surface area contributed by atoms with Crippen LogP contribution in [0.25, 0.3) is 16.6 Å². The van der Waals surface area contributed by atoms with Crippen LogP contribution in [0.3, 0.4) is 0 Å². The second-order valence-electron chi connectivity index (χ2n) is 11.7. The van der Waals surface area contributed by atoms with Gasteiger partial charge in [-0.05, 0) is 74.7 Å². The Hall–Kier alpha value is -3.92. The zero-order chi connectivity index (χ0) is 30.1. The zero-order valence-electron chi connectivity index (χ0n) is 25.5. The number of aromatic amines is 1. The van der Waals surface area contributed by atoms with Gasteiger partial charge in [-0.2, -0.15) is 0 Å². The summed E-state index contributed by atoms with van der Waals surface area (Å²) < 4.78 is 13.4. The van der Waals surface area contributed by atoms with Crippen molar-refractivity contribution in [2.24, 2.45) is 0 Å². The highest BCUT2D eigenvalue weighted by Crippen LogP contribution is 2.33. The van der Waals surface area contributed by atoms with Gasteiger partial charge < -0.3 is 29.1 Å². The summed E-state index contributed by atoms with van der Waals surface area (Å²) in [7, 11) is 0. The van der Waals surface area contributed by atoms with E-state index < -0.39 is 0 Å². The third-order valence-corrected chi connectivity index (χ3v) is 8.90. The van der Waals surface area contributed by atoms with Crippen LogP contribution in [0.5, 0.6) is 0 Å². The van der Waals surface area contributed by atoms with Crippen LogP contribution in [-0.4, -0.2) is 72.8 Å². The topological polar surface area (TPSA) is 91.3 Å². The Kier molecular flexibility index (Phi) is 8.38. The summed E-state index contributed by atoms with van der Waals surface area (Å²) in [6.07, 6.45) is 2.20. The third-order valence-electron chi connectivity index (χ3n) is 8.90. The largest absolute Gasteiger partial charge is 0.379 e. The van der Waals surface area contributed by atoms with E-state index in [1.165, 1.54) is 5.69 Å². The fraction of sp³-hybridized carbons (Fsp3) is 0.412. The predicted octanol–water partition coefficient (Wildman–Crippen LogP) is 4.38. The molecule has 0 saturated carbocycles. The SMILES string of the molecule is Cc1cc(C)c(CNC(=O)c2cc3cc(-c4cccc(N5CCOCC5)c4)cn3c(C(C)N3CCOCC3)c2C)c(=O)[nH]1. The summed E-state index contributed by atoms with van der Waals surface area (Å²) in [5.41, 5.74) is 9.11. The number of amides is 1. The van der Waals surface area contributed by atoms with Gasteiger partial charge in [-0.15, -0.1) is 0 Å². The van der Waals surface area contributed by atoms with Crippen molar-refractivity contribution >= 4 is 17.1 Å². The first-order valence-electron chi connectivity index (χ1n) is 15.2. The van der Waals surface area contributed by atoms with Crippen molar-refractivity contribution in [3.8, 4) is 11.1 Å². The number of fused-ring (bicyclic) bond motifs is 1. The van der Waals surface area contributed by atoms with Crippen molar-refractivity contribution in [2.75, 3.05) is 57.5 Å². The van der Waals surface area contributed by atoms with E-state index in [4.69, 9.17) is 9.47 Å². The molecular formula is C34H41N5O4. The molecule has 0 spiro atoms. The summed E-state index contributed by atoms with van der Waals surface area (Å²) in [4.78, 5) is 34.0. The molecule has 2 N–H and O–H groups in total. The van der Waals surface area contributed by atoms with E-state index in [0.29, 0.717) is 24.3 Å². The number of nitrogens with one attached hydrogen (secondary N) is 2. The fourth-order valence-electron chi connectivity index (χ4n) is 6.49. The molecule has 0 bridgehead atoms. The number of H-pyrrole nitrogens is 1. The first-order chi connectivity index (χ1) is 20.8. The summed E-state index contributed by atoms with van der Waals surface area (Å²) >= 11 is 0. The third kappa shape index (κ3) is 5.98. The van der Waals surface area contributed by atoms with E-state index in [9.17, 15) is 9.59 Å². The van der Waals surface area contributed by atoms with E-state index in [0.717, 1.165) is 78.6 Å². The van der Waals surface area contributed by atoms with Crippen LogP contribution in [0, 0.1) is 20.8 Å². The summed E-state index contributed by atoms with van der Waals surface area (Å²) in [6.45, 7) is 14.5. The van der Waals surface area contributed by atoms with Gasteiger partial charge >= 0.3 is 0 Å². The maximum atomic E-state index is 13.7. The number of hydrogen-bond donors (Lipinski definition) is 2. The predicted molar refractivity (Wildman–Crippen MR) is 169 cm³/mol. The molecule has 2 fully saturated rings. The van der Waals surface area contributed by atoms with Gasteiger partial charge in [0.25, 0.3) is 11.5 Å². The molecule has 9 nitrogen and oxygen atoms in total. The normalized spacial score (nSPS) is 16.9. The lowest BCUT2D eigenvalue weighted by atomic mass is 10.0. The number of anilines is 1. The lowest BCUT2D eigenvalue weighted by Crippen LogP contribution is -2.39. The molecule has 6 rings (SSSR count).